The third-order valence-corrected chi connectivity index (χ3v) is 5.26. The van der Waals surface area contributed by atoms with Crippen molar-refractivity contribution in [3.8, 4) is 5.75 Å². The van der Waals surface area contributed by atoms with Gasteiger partial charge in [-0.25, -0.2) is 0 Å². The highest BCUT2D eigenvalue weighted by molar-refractivity contribution is 5.38. The Bertz CT molecular complexity index is 494. The normalized spacial score (nSPS) is 26.8. The molecular formula is C19H29NO. The van der Waals surface area contributed by atoms with Gasteiger partial charge >= 0.3 is 0 Å². The van der Waals surface area contributed by atoms with Crippen LogP contribution < -0.4 is 10.1 Å². The van der Waals surface area contributed by atoms with Crippen molar-refractivity contribution < 1.29 is 4.74 Å². The summed E-state index contributed by atoms with van der Waals surface area (Å²) in [5, 5.41) is 3.72. The van der Waals surface area contributed by atoms with E-state index >= 15 is 0 Å². The van der Waals surface area contributed by atoms with Crippen molar-refractivity contribution in [3.05, 3.63) is 29.3 Å². The molecule has 2 heteroatoms. The van der Waals surface area contributed by atoms with E-state index in [2.05, 4.69) is 44.3 Å². The van der Waals surface area contributed by atoms with Gasteiger partial charge in [0.25, 0.3) is 0 Å². The van der Waals surface area contributed by atoms with Gasteiger partial charge in [-0.3, -0.25) is 0 Å². The second-order valence-electron chi connectivity index (χ2n) is 7.40. The molecule has 1 aromatic rings. The molecule has 2 atom stereocenters. The van der Waals surface area contributed by atoms with Crippen LogP contribution in [0.25, 0.3) is 0 Å². The summed E-state index contributed by atoms with van der Waals surface area (Å²) in [6.07, 6.45) is 7.65. The van der Waals surface area contributed by atoms with Crippen molar-refractivity contribution in [2.24, 2.45) is 5.41 Å². The Labute approximate surface area is 129 Å². The van der Waals surface area contributed by atoms with E-state index in [1.54, 1.807) is 0 Å². The standard InChI is InChI=1S/C19H29NO/c1-4-12-20-18-17(10-11-19(18,2)3)21-16-9-8-14-6-5-7-15(14)13-16/h8-9,13,17-18,20H,4-7,10-12H2,1-3H3. The second kappa shape index (κ2) is 6.00. The van der Waals surface area contributed by atoms with Gasteiger partial charge in [-0.15, -0.1) is 0 Å². The van der Waals surface area contributed by atoms with Crippen molar-refractivity contribution in [2.75, 3.05) is 6.54 Å². The first-order valence-corrected chi connectivity index (χ1v) is 8.62. The van der Waals surface area contributed by atoms with Crippen LogP contribution in [0.5, 0.6) is 5.75 Å². The lowest BCUT2D eigenvalue weighted by Gasteiger charge is -2.31. The van der Waals surface area contributed by atoms with Crippen LogP contribution in [0.3, 0.4) is 0 Å². The van der Waals surface area contributed by atoms with E-state index in [1.807, 2.05) is 0 Å². The van der Waals surface area contributed by atoms with Crippen molar-refractivity contribution >= 4 is 0 Å². The van der Waals surface area contributed by atoms with Crippen molar-refractivity contribution in [1.82, 2.24) is 5.32 Å². The Morgan fingerprint density at radius 1 is 1.24 bits per heavy atom. The minimum atomic E-state index is 0.311. The van der Waals surface area contributed by atoms with Crippen LogP contribution in [-0.4, -0.2) is 18.7 Å². The molecule has 116 valence electrons. The smallest absolute Gasteiger partial charge is 0.120 e. The predicted octanol–water partition coefficient (Wildman–Crippen LogP) is 4.11. The average Bonchev–Trinajstić information content (AvgIpc) is 3.02. The fraction of sp³-hybridized carbons (Fsp3) is 0.684. The molecule has 0 spiro atoms. The molecule has 0 aliphatic heterocycles. The molecule has 0 radical (unpaired) electrons. The molecule has 1 fully saturated rings. The van der Waals surface area contributed by atoms with E-state index in [4.69, 9.17) is 4.74 Å². The zero-order valence-corrected chi connectivity index (χ0v) is 13.7. The molecule has 1 N–H and O–H groups in total. The topological polar surface area (TPSA) is 21.3 Å². The van der Waals surface area contributed by atoms with Gasteiger partial charge in [0, 0.05) is 6.04 Å². The lowest BCUT2D eigenvalue weighted by Crippen LogP contribution is -2.47. The highest BCUT2D eigenvalue weighted by Crippen LogP contribution is 2.39. The number of fused-ring (bicyclic) bond motifs is 1. The van der Waals surface area contributed by atoms with Gasteiger partial charge in [0.2, 0.25) is 0 Å². The Morgan fingerprint density at radius 2 is 2.05 bits per heavy atom. The highest BCUT2D eigenvalue weighted by Gasteiger charge is 2.42. The molecule has 1 aromatic carbocycles. The number of hydrogen-bond acceptors (Lipinski definition) is 2. The molecule has 2 unspecified atom stereocenters. The van der Waals surface area contributed by atoms with Gasteiger partial charge < -0.3 is 10.1 Å². The first-order chi connectivity index (χ1) is 10.1. The van der Waals surface area contributed by atoms with E-state index in [1.165, 1.54) is 43.2 Å². The van der Waals surface area contributed by atoms with E-state index in [0.29, 0.717) is 17.6 Å². The molecule has 0 amide bonds. The van der Waals surface area contributed by atoms with Crippen LogP contribution in [0.1, 0.15) is 57.6 Å². The number of hydrogen-bond donors (Lipinski definition) is 1. The first-order valence-electron chi connectivity index (χ1n) is 8.62. The van der Waals surface area contributed by atoms with Crippen LogP contribution >= 0.6 is 0 Å². The quantitative estimate of drug-likeness (QED) is 0.880. The number of nitrogens with one attached hydrogen (secondary N) is 1. The van der Waals surface area contributed by atoms with Crippen molar-refractivity contribution in [3.63, 3.8) is 0 Å². The molecule has 0 saturated heterocycles. The number of ether oxygens (including phenoxy) is 1. The Morgan fingerprint density at radius 3 is 2.86 bits per heavy atom. The van der Waals surface area contributed by atoms with Crippen LogP contribution in [0, 0.1) is 5.41 Å². The Kier molecular flexibility index (Phi) is 4.26. The summed E-state index contributed by atoms with van der Waals surface area (Å²) in [5.74, 6) is 1.07. The van der Waals surface area contributed by atoms with Gasteiger partial charge in [-0.1, -0.05) is 26.8 Å². The van der Waals surface area contributed by atoms with E-state index in [0.717, 1.165) is 18.7 Å². The molecule has 1 saturated carbocycles. The Balaban J connectivity index is 1.71. The molecule has 3 rings (SSSR count). The third-order valence-electron chi connectivity index (χ3n) is 5.26. The van der Waals surface area contributed by atoms with Crippen LogP contribution in [0.2, 0.25) is 0 Å². The fourth-order valence-electron chi connectivity index (χ4n) is 3.97. The fourth-order valence-corrected chi connectivity index (χ4v) is 3.97. The third kappa shape index (κ3) is 3.11. The SMILES string of the molecule is CCCNC1C(Oc2ccc3c(c2)CCC3)CCC1(C)C. The van der Waals surface area contributed by atoms with Crippen LogP contribution in [0.4, 0.5) is 0 Å². The molecule has 0 heterocycles. The van der Waals surface area contributed by atoms with E-state index < -0.39 is 0 Å². The molecule has 2 aliphatic rings. The summed E-state index contributed by atoms with van der Waals surface area (Å²) in [7, 11) is 0. The zero-order valence-electron chi connectivity index (χ0n) is 13.7. The molecule has 2 aliphatic carbocycles. The maximum Gasteiger partial charge on any atom is 0.120 e. The molecule has 0 aromatic heterocycles. The molecule has 0 bridgehead atoms. The summed E-state index contributed by atoms with van der Waals surface area (Å²) in [6, 6.07) is 7.19. The predicted molar refractivity (Wildman–Crippen MR) is 88.0 cm³/mol. The zero-order chi connectivity index (χ0) is 14.9. The van der Waals surface area contributed by atoms with E-state index in [-0.39, 0.29) is 0 Å². The molecular weight excluding hydrogens is 258 g/mol. The van der Waals surface area contributed by atoms with Gasteiger partial charge in [-0.05, 0) is 73.7 Å². The average molecular weight is 287 g/mol. The lowest BCUT2D eigenvalue weighted by molar-refractivity contribution is 0.140. The summed E-state index contributed by atoms with van der Waals surface area (Å²) in [5.41, 5.74) is 3.36. The lowest BCUT2D eigenvalue weighted by atomic mass is 9.87. The summed E-state index contributed by atoms with van der Waals surface area (Å²) in [6.45, 7) is 8.04. The van der Waals surface area contributed by atoms with Crippen molar-refractivity contribution in [1.29, 1.82) is 0 Å². The minimum absolute atomic E-state index is 0.311. The summed E-state index contributed by atoms with van der Waals surface area (Å²) >= 11 is 0. The summed E-state index contributed by atoms with van der Waals surface area (Å²) in [4.78, 5) is 0. The van der Waals surface area contributed by atoms with Gasteiger partial charge in [0.05, 0.1) is 0 Å². The number of benzene rings is 1. The maximum atomic E-state index is 6.38. The maximum absolute atomic E-state index is 6.38. The van der Waals surface area contributed by atoms with Crippen molar-refractivity contribution in [2.45, 2.75) is 71.4 Å². The second-order valence-corrected chi connectivity index (χ2v) is 7.40. The van der Waals surface area contributed by atoms with Crippen LogP contribution in [-0.2, 0) is 12.8 Å². The number of rotatable bonds is 5. The summed E-state index contributed by atoms with van der Waals surface area (Å²) < 4.78 is 6.38. The van der Waals surface area contributed by atoms with Gasteiger partial charge in [-0.2, -0.15) is 0 Å². The van der Waals surface area contributed by atoms with Gasteiger partial charge in [0.15, 0.2) is 0 Å². The molecule has 2 nitrogen and oxygen atoms in total. The first kappa shape index (κ1) is 14.9. The minimum Gasteiger partial charge on any atom is -0.489 e. The van der Waals surface area contributed by atoms with Crippen LogP contribution in [0.15, 0.2) is 18.2 Å². The largest absolute Gasteiger partial charge is 0.489 e. The Hall–Kier alpha value is -1.02. The van der Waals surface area contributed by atoms with Gasteiger partial charge in [0.1, 0.15) is 11.9 Å². The monoisotopic (exact) mass is 287 g/mol. The number of aryl methyl sites for hydroxylation is 2. The van der Waals surface area contributed by atoms with E-state index in [9.17, 15) is 0 Å². The molecule has 21 heavy (non-hydrogen) atoms. The highest BCUT2D eigenvalue weighted by atomic mass is 16.5.